The molecule has 192 valence electrons. The summed E-state index contributed by atoms with van der Waals surface area (Å²) in [5.41, 5.74) is 0. The SMILES string of the molecule is CO[C@H]1O[C@H]([C@H](COC(C)=O)OC(C)=O)[C@H]2O[C@](C)(OC)[C@@](C)(OC)O[C@@H]2[C@@H]1O[Si](C)(C)C. The maximum atomic E-state index is 11.9. The summed E-state index contributed by atoms with van der Waals surface area (Å²) in [5, 5.41) is 0. The number of methoxy groups -OCH3 is 3. The molecule has 2 aliphatic heterocycles. The first kappa shape index (κ1) is 28.1. The van der Waals surface area contributed by atoms with Crippen molar-refractivity contribution in [2.75, 3.05) is 27.9 Å². The molecular formula is C21H38O11Si. The van der Waals surface area contributed by atoms with E-state index < -0.39 is 68.6 Å². The van der Waals surface area contributed by atoms with E-state index in [4.69, 9.17) is 42.3 Å². The van der Waals surface area contributed by atoms with Gasteiger partial charge in [0.1, 0.15) is 31.0 Å². The molecule has 0 unspecified atom stereocenters. The maximum Gasteiger partial charge on any atom is 0.303 e. The van der Waals surface area contributed by atoms with E-state index in [1.807, 2.05) is 19.6 Å². The van der Waals surface area contributed by atoms with Crippen LogP contribution in [0.15, 0.2) is 0 Å². The number of ether oxygens (including phenoxy) is 8. The van der Waals surface area contributed by atoms with Gasteiger partial charge in [-0.2, -0.15) is 0 Å². The smallest absolute Gasteiger partial charge is 0.303 e. The largest absolute Gasteiger partial charge is 0.462 e. The van der Waals surface area contributed by atoms with E-state index >= 15 is 0 Å². The lowest BCUT2D eigenvalue weighted by molar-refractivity contribution is -0.480. The highest BCUT2D eigenvalue weighted by Gasteiger charge is 2.64. The van der Waals surface area contributed by atoms with Crippen LogP contribution in [-0.4, -0.2) is 96.6 Å². The first-order chi connectivity index (χ1) is 15.2. The van der Waals surface area contributed by atoms with Gasteiger partial charge in [-0.15, -0.1) is 0 Å². The van der Waals surface area contributed by atoms with Crippen LogP contribution in [0.4, 0.5) is 0 Å². The molecule has 8 atom stereocenters. The van der Waals surface area contributed by atoms with Crippen LogP contribution in [0.3, 0.4) is 0 Å². The van der Waals surface area contributed by atoms with Crippen molar-refractivity contribution >= 4 is 20.3 Å². The molecule has 2 saturated heterocycles. The molecule has 0 radical (unpaired) electrons. The molecule has 2 aliphatic rings. The molecule has 0 saturated carbocycles. The summed E-state index contributed by atoms with van der Waals surface area (Å²) >= 11 is 0. The van der Waals surface area contributed by atoms with Gasteiger partial charge in [-0.05, 0) is 33.5 Å². The molecule has 2 fully saturated rings. The van der Waals surface area contributed by atoms with E-state index in [-0.39, 0.29) is 6.61 Å². The fraction of sp³-hybridized carbons (Fsp3) is 0.905. The van der Waals surface area contributed by atoms with E-state index in [2.05, 4.69) is 0 Å². The minimum absolute atomic E-state index is 0.243. The minimum atomic E-state index is -2.11. The van der Waals surface area contributed by atoms with Gasteiger partial charge in [0.15, 0.2) is 20.7 Å². The van der Waals surface area contributed by atoms with Crippen LogP contribution in [0.5, 0.6) is 0 Å². The van der Waals surface area contributed by atoms with E-state index in [0.29, 0.717) is 0 Å². The first-order valence-electron chi connectivity index (χ1n) is 10.8. The van der Waals surface area contributed by atoms with Gasteiger partial charge in [-0.1, -0.05) is 0 Å². The molecule has 0 spiro atoms. The Morgan fingerprint density at radius 2 is 1.48 bits per heavy atom. The van der Waals surface area contributed by atoms with Crippen molar-refractivity contribution in [3.63, 3.8) is 0 Å². The molecule has 0 aromatic carbocycles. The molecular weight excluding hydrogens is 456 g/mol. The van der Waals surface area contributed by atoms with Gasteiger partial charge >= 0.3 is 11.9 Å². The zero-order valence-electron chi connectivity index (χ0n) is 21.2. The molecule has 2 heterocycles. The van der Waals surface area contributed by atoms with Crippen molar-refractivity contribution < 1.29 is 51.9 Å². The molecule has 12 heteroatoms. The highest BCUT2D eigenvalue weighted by Crippen LogP contribution is 2.45. The second-order valence-electron chi connectivity index (χ2n) is 9.31. The topological polar surface area (TPSA) is 117 Å². The van der Waals surface area contributed by atoms with Crippen LogP contribution in [-0.2, 0) is 51.9 Å². The van der Waals surface area contributed by atoms with Gasteiger partial charge in [0, 0.05) is 35.2 Å². The Bertz CT molecular complexity index is 698. The van der Waals surface area contributed by atoms with Gasteiger partial charge in [-0.3, -0.25) is 9.59 Å². The second kappa shape index (κ2) is 10.6. The van der Waals surface area contributed by atoms with Crippen molar-refractivity contribution in [1.82, 2.24) is 0 Å². The maximum absolute atomic E-state index is 11.9. The Labute approximate surface area is 196 Å². The summed E-state index contributed by atoms with van der Waals surface area (Å²) < 4.78 is 53.0. The number of hydrogen-bond acceptors (Lipinski definition) is 11. The summed E-state index contributed by atoms with van der Waals surface area (Å²) in [6.45, 7) is 11.7. The van der Waals surface area contributed by atoms with Crippen molar-refractivity contribution in [2.45, 2.75) is 95.7 Å². The predicted octanol–water partition coefficient (Wildman–Crippen LogP) is 1.58. The average molecular weight is 495 g/mol. The van der Waals surface area contributed by atoms with Crippen LogP contribution >= 0.6 is 0 Å². The Morgan fingerprint density at radius 3 is 1.91 bits per heavy atom. The average Bonchev–Trinajstić information content (AvgIpc) is 2.71. The van der Waals surface area contributed by atoms with E-state index in [1.165, 1.54) is 35.2 Å². The fourth-order valence-electron chi connectivity index (χ4n) is 3.94. The number of carbonyl (C=O) groups is 2. The van der Waals surface area contributed by atoms with Crippen LogP contribution in [0.25, 0.3) is 0 Å². The highest BCUT2D eigenvalue weighted by molar-refractivity contribution is 6.69. The Hall–Kier alpha value is -1.12. The normalized spacial score (nSPS) is 37.7. The summed E-state index contributed by atoms with van der Waals surface area (Å²) in [5.74, 6) is -3.76. The van der Waals surface area contributed by atoms with Crippen LogP contribution < -0.4 is 0 Å². The fourth-order valence-corrected chi connectivity index (χ4v) is 5.00. The lowest BCUT2D eigenvalue weighted by Crippen LogP contribution is -2.75. The molecule has 0 aromatic heterocycles. The minimum Gasteiger partial charge on any atom is -0.462 e. The van der Waals surface area contributed by atoms with Crippen molar-refractivity contribution in [3.8, 4) is 0 Å². The Morgan fingerprint density at radius 1 is 0.939 bits per heavy atom. The Balaban J connectivity index is 2.54. The lowest BCUT2D eigenvalue weighted by Gasteiger charge is -2.58. The summed E-state index contributed by atoms with van der Waals surface area (Å²) in [6.07, 6.45) is -5.07. The molecule has 0 aliphatic carbocycles. The van der Waals surface area contributed by atoms with Gasteiger partial charge in [0.25, 0.3) is 0 Å². The zero-order chi connectivity index (χ0) is 25.2. The van der Waals surface area contributed by atoms with Gasteiger partial charge in [0.2, 0.25) is 11.6 Å². The van der Waals surface area contributed by atoms with Gasteiger partial charge < -0.3 is 42.3 Å². The van der Waals surface area contributed by atoms with E-state index in [9.17, 15) is 9.59 Å². The van der Waals surface area contributed by atoms with E-state index in [1.54, 1.807) is 13.8 Å². The van der Waals surface area contributed by atoms with Crippen molar-refractivity contribution in [3.05, 3.63) is 0 Å². The van der Waals surface area contributed by atoms with Crippen LogP contribution in [0.1, 0.15) is 27.7 Å². The van der Waals surface area contributed by atoms with E-state index in [0.717, 1.165) is 0 Å². The Kier molecular flexibility index (Phi) is 9.07. The van der Waals surface area contributed by atoms with Crippen molar-refractivity contribution in [1.29, 1.82) is 0 Å². The summed E-state index contributed by atoms with van der Waals surface area (Å²) in [4.78, 5) is 23.3. The third-order valence-corrected chi connectivity index (χ3v) is 6.69. The number of hydrogen-bond donors (Lipinski definition) is 0. The molecule has 11 nitrogen and oxygen atoms in total. The van der Waals surface area contributed by atoms with Crippen LogP contribution in [0.2, 0.25) is 19.6 Å². The molecule has 0 amide bonds. The molecule has 33 heavy (non-hydrogen) atoms. The number of esters is 2. The third-order valence-electron chi connectivity index (χ3n) is 5.71. The second-order valence-corrected chi connectivity index (χ2v) is 13.8. The van der Waals surface area contributed by atoms with Gasteiger partial charge in [0.05, 0.1) is 0 Å². The summed E-state index contributed by atoms with van der Waals surface area (Å²) in [7, 11) is 2.33. The zero-order valence-corrected chi connectivity index (χ0v) is 22.2. The third kappa shape index (κ3) is 6.31. The number of rotatable bonds is 9. The monoisotopic (exact) mass is 494 g/mol. The molecule has 0 bridgehead atoms. The molecule has 2 rings (SSSR count). The van der Waals surface area contributed by atoms with Crippen LogP contribution in [0, 0.1) is 0 Å². The first-order valence-corrected chi connectivity index (χ1v) is 14.2. The summed E-state index contributed by atoms with van der Waals surface area (Å²) in [6, 6.07) is 0. The standard InChI is InChI=1S/C21H38O11Si/c1-12(22)27-11-14(28-13(2)23)15-16-17(18(19(24-5)29-15)32-33(8,9)10)31-21(4,26-7)20(3,25-6)30-16/h14-19H,11H2,1-10H3/t14-,15+,16+,17-,18-,19-,20-,21-/m0/s1. The molecule has 0 N–H and O–H groups in total. The number of fused-ring (bicyclic) bond motifs is 1. The molecule has 0 aromatic rings. The quantitative estimate of drug-likeness (QED) is 0.343. The lowest BCUT2D eigenvalue weighted by atomic mass is 9.91. The van der Waals surface area contributed by atoms with Gasteiger partial charge in [-0.25, -0.2) is 0 Å². The number of carbonyl (C=O) groups excluding carboxylic acids is 2. The highest BCUT2D eigenvalue weighted by atomic mass is 28.4. The van der Waals surface area contributed by atoms with Crippen molar-refractivity contribution in [2.24, 2.45) is 0 Å². The predicted molar refractivity (Wildman–Crippen MR) is 117 cm³/mol.